The summed E-state index contributed by atoms with van der Waals surface area (Å²) in [6, 6.07) is 0. The monoisotopic (exact) mass is 262 g/mol. The van der Waals surface area contributed by atoms with E-state index >= 15 is 0 Å². The molecule has 100 valence electrons. The molecule has 0 atom stereocenters. The lowest BCUT2D eigenvalue weighted by Gasteiger charge is -2.34. The maximum absolute atomic E-state index is 11.1. The van der Waals surface area contributed by atoms with Gasteiger partial charge < -0.3 is 18.0 Å². The molecule has 0 radical (unpaired) electrons. The first-order chi connectivity index (χ1) is 7.78. The van der Waals surface area contributed by atoms with Crippen molar-refractivity contribution in [3.63, 3.8) is 0 Å². The van der Waals surface area contributed by atoms with Gasteiger partial charge >= 0.3 is 14.8 Å². The summed E-state index contributed by atoms with van der Waals surface area (Å²) < 4.78 is 21.7. The molecular weight excluding hydrogens is 240 g/mol. The fourth-order valence-electron chi connectivity index (χ4n) is 1.38. The van der Waals surface area contributed by atoms with E-state index in [-0.39, 0.29) is 0 Å². The van der Waals surface area contributed by atoms with Gasteiger partial charge in [0.2, 0.25) is 5.79 Å². The predicted molar refractivity (Wildman–Crippen MR) is 66.3 cm³/mol. The van der Waals surface area contributed by atoms with Crippen molar-refractivity contribution >= 4 is 14.8 Å². The van der Waals surface area contributed by atoms with E-state index in [1.54, 1.807) is 20.4 Å². The van der Waals surface area contributed by atoms with Crippen molar-refractivity contribution in [1.29, 1.82) is 0 Å². The molecule has 0 aromatic rings. The molecule has 0 aliphatic rings. The van der Waals surface area contributed by atoms with Gasteiger partial charge in [-0.2, -0.15) is 0 Å². The number of carbonyl (C=O) groups is 1. The van der Waals surface area contributed by atoms with Crippen LogP contribution in [-0.2, 0) is 22.8 Å². The zero-order valence-electron chi connectivity index (χ0n) is 11.2. The van der Waals surface area contributed by atoms with E-state index < -0.39 is 20.6 Å². The summed E-state index contributed by atoms with van der Waals surface area (Å²) in [5, 5.41) is 0. The Morgan fingerprint density at radius 1 is 1.29 bits per heavy atom. The summed E-state index contributed by atoms with van der Waals surface area (Å²) in [4.78, 5) is 11.1. The normalized spacial score (nSPS) is 12.3. The third-order valence-electron chi connectivity index (χ3n) is 1.76. The fourth-order valence-corrected chi connectivity index (χ4v) is 3.56. The van der Waals surface area contributed by atoms with E-state index in [1.165, 1.54) is 0 Å². The number of carbonyl (C=O) groups excluding carboxylic acids is 1. The second kappa shape index (κ2) is 6.90. The summed E-state index contributed by atoms with van der Waals surface area (Å²) in [5.74, 6) is -1.64. The molecule has 5 nitrogen and oxygen atoms in total. The summed E-state index contributed by atoms with van der Waals surface area (Å²) in [6.45, 7) is 13.0. The first-order valence-corrected chi connectivity index (χ1v) is 7.84. The van der Waals surface area contributed by atoms with Crippen LogP contribution in [-0.4, -0.2) is 33.8 Å². The number of hydrogen-bond donors (Lipinski definition) is 0. The van der Waals surface area contributed by atoms with Crippen LogP contribution < -0.4 is 0 Å². The van der Waals surface area contributed by atoms with Gasteiger partial charge in [0.05, 0.1) is 0 Å². The zero-order valence-corrected chi connectivity index (χ0v) is 12.2. The Morgan fingerprint density at radius 3 is 2.12 bits per heavy atom. The van der Waals surface area contributed by atoms with Crippen LogP contribution in [0.5, 0.6) is 0 Å². The highest BCUT2D eigenvalue weighted by Crippen LogP contribution is 2.21. The van der Waals surface area contributed by atoms with Gasteiger partial charge in [-0.1, -0.05) is 6.58 Å². The van der Waals surface area contributed by atoms with E-state index in [2.05, 4.69) is 6.58 Å². The minimum absolute atomic E-state index is 0.480. The molecule has 0 fully saturated rings. The van der Waals surface area contributed by atoms with Crippen LogP contribution in [0.15, 0.2) is 12.7 Å². The lowest BCUT2D eigenvalue weighted by Crippen LogP contribution is -2.50. The van der Waals surface area contributed by atoms with Gasteiger partial charge in [-0.15, -0.1) is 0 Å². The number of hydrogen-bond acceptors (Lipinski definition) is 5. The molecule has 0 spiro atoms. The van der Waals surface area contributed by atoms with Crippen LogP contribution in [0, 0.1) is 0 Å². The fraction of sp³-hybridized carbons (Fsp3) is 0.727. The maximum atomic E-state index is 11.1. The van der Waals surface area contributed by atoms with Crippen LogP contribution in [0.1, 0.15) is 27.7 Å². The third-order valence-corrected chi connectivity index (χ3v) is 4.25. The first-order valence-electron chi connectivity index (χ1n) is 5.62. The molecule has 0 bridgehead atoms. The molecule has 0 aliphatic heterocycles. The van der Waals surface area contributed by atoms with Crippen molar-refractivity contribution < 1.29 is 22.8 Å². The van der Waals surface area contributed by atoms with Crippen molar-refractivity contribution in [2.75, 3.05) is 13.2 Å². The number of ether oxygens (including phenoxy) is 1. The summed E-state index contributed by atoms with van der Waals surface area (Å²) >= 11 is 0. The molecule has 0 aromatic heterocycles. The van der Waals surface area contributed by atoms with Gasteiger partial charge in [0, 0.05) is 39.7 Å². The highest BCUT2D eigenvalue weighted by molar-refractivity contribution is 6.59. The van der Waals surface area contributed by atoms with Gasteiger partial charge in [-0.3, -0.25) is 0 Å². The lowest BCUT2D eigenvalue weighted by molar-refractivity contribution is -0.193. The van der Waals surface area contributed by atoms with Gasteiger partial charge in [0.15, 0.2) is 0 Å². The topological polar surface area (TPSA) is 54.0 Å². The molecule has 6 heteroatoms. The predicted octanol–water partition coefficient (Wildman–Crippen LogP) is 2.11. The largest absolute Gasteiger partial charge is 0.500 e. The van der Waals surface area contributed by atoms with E-state index in [0.29, 0.717) is 13.2 Å². The molecule has 0 saturated heterocycles. The van der Waals surface area contributed by atoms with E-state index in [1.807, 2.05) is 13.8 Å². The Kier molecular flexibility index (Phi) is 6.62. The molecule has 0 N–H and O–H groups in total. The van der Waals surface area contributed by atoms with E-state index in [0.717, 1.165) is 6.08 Å². The number of esters is 1. The Bertz CT molecular complexity index is 259. The molecule has 0 heterocycles. The SMILES string of the molecule is C=CC(=O)OC(C)(C)O[Si](C)(OCC)OCC. The molecule has 0 amide bonds. The smallest absolute Gasteiger partial charge is 0.431 e. The second-order valence-electron chi connectivity index (χ2n) is 3.86. The molecule has 0 unspecified atom stereocenters. The standard InChI is InChI=1S/C11H22O5Si/c1-7-10(12)15-11(4,5)16-17(6,13-8-2)14-9-3/h7H,1,8-9H2,2-6H3. The molecule has 17 heavy (non-hydrogen) atoms. The van der Waals surface area contributed by atoms with Gasteiger partial charge in [0.1, 0.15) is 0 Å². The second-order valence-corrected chi connectivity index (χ2v) is 6.36. The molecular formula is C11H22O5Si. The van der Waals surface area contributed by atoms with Crippen molar-refractivity contribution in [3.05, 3.63) is 12.7 Å². The van der Waals surface area contributed by atoms with Crippen molar-refractivity contribution in [2.24, 2.45) is 0 Å². The summed E-state index contributed by atoms with van der Waals surface area (Å²) in [5.41, 5.74) is 0. The van der Waals surface area contributed by atoms with Crippen LogP contribution in [0.25, 0.3) is 0 Å². The minimum Gasteiger partial charge on any atom is -0.431 e. The highest BCUT2D eigenvalue weighted by atomic mass is 28.4. The molecule has 0 rings (SSSR count). The first kappa shape index (κ1) is 16.3. The van der Waals surface area contributed by atoms with Crippen molar-refractivity contribution in [2.45, 2.75) is 40.0 Å². The Hall–Kier alpha value is -0.693. The van der Waals surface area contributed by atoms with Crippen LogP contribution in [0.3, 0.4) is 0 Å². The maximum Gasteiger partial charge on any atom is 0.500 e. The van der Waals surface area contributed by atoms with E-state index in [4.69, 9.17) is 18.0 Å². The van der Waals surface area contributed by atoms with Crippen LogP contribution >= 0.6 is 0 Å². The van der Waals surface area contributed by atoms with E-state index in [9.17, 15) is 4.79 Å². The van der Waals surface area contributed by atoms with Crippen molar-refractivity contribution in [3.8, 4) is 0 Å². The zero-order chi connectivity index (χ0) is 13.5. The average molecular weight is 262 g/mol. The third kappa shape index (κ3) is 6.57. The van der Waals surface area contributed by atoms with Crippen molar-refractivity contribution in [1.82, 2.24) is 0 Å². The highest BCUT2D eigenvalue weighted by Gasteiger charge is 2.41. The van der Waals surface area contributed by atoms with Gasteiger partial charge in [-0.25, -0.2) is 4.79 Å². The number of rotatable bonds is 8. The Balaban J connectivity index is 4.61. The average Bonchev–Trinajstić information content (AvgIpc) is 2.15. The molecule has 0 aromatic carbocycles. The van der Waals surface area contributed by atoms with Gasteiger partial charge in [-0.05, 0) is 13.8 Å². The quantitative estimate of drug-likeness (QED) is 0.290. The van der Waals surface area contributed by atoms with Crippen LogP contribution in [0.4, 0.5) is 0 Å². The van der Waals surface area contributed by atoms with Crippen LogP contribution in [0.2, 0.25) is 6.55 Å². The Labute approximate surface area is 104 Å². The summed E-state index contributed by atoms with van der Waals surface area (Å²) in [6.07, 6.45) is 1.09. The molecule has 0 aliphatic carbocycles. The minimum atomic E-state index is -2.78. The van der Waals surface area contributed by atoms with Gasteiger partial charge in [0.25, 0.3) is 0 Å². The summed E-state index contributed by atoms with van der Waals surface area (Å²) in [7, 11) is -2.78. The Morgan fingerprint density at radius 2 is 1.76 bits per heavy atom. The lowest BCUT2D eigenvalue weighted by atomic mass is 10.4. The molecule has 0 saturated carbocycles.